The van der Waals surface area contributed by atoms with Gasteiger partial charge in [0.2, 0.25) is 0 Å². The van der Waals surface area contributed by atoms with Gasteiger partial charge >= 0.3 is 0 Å². The maximum absolute atomic E-state index is 7.20. The summed E-state index contributed by atoms with van der Waals surface area (Å²) in [6.07, 6.45) is 4.65. The van der Waals surface area contributed by atoms with Crippen LogP contribution in [0.5, 0.6) is 0 Å². The summed E-state index contributed by atoms with van der Waals surface area (Å²) in [5, 5.41) is 7.20. The number of hydrogen-bond donors (Lipinski definition) is 2. The number of piperidine rings is 1. The minimum Gasteiger partial charge on any atom is -0.388 e. The molecule has 0 aliphatic carbocycles. The van der Waals surface area contributed by atoms with Gasteiger partial charge in [-0.25, -0.2) is 0 Å². The van der Waals surface area contributed by atoms with Gasteiger partial charge in [-0.05, 0) is 26.7 Å². The monoisotopic (exact) mass is 183 g/mol. The summed E-state index contributed by atoms with van der Waals surface area (Å²) < 4.78 is 0. The quantitative estimate of drug-likeness (QED) is 0.515. The van der Waals surface area contributed by atoms with Crippen LogP contribution >= 0.6 is 0 Å². The number of hydrogen-bond acceptors (Lipinski definition) is 2. The molecule has 0 aromatic heterocycles. The van der Waals surface area contributed by atoms with Crippen LogP contribution in [0.15, 0.2) is 0 Å². The highest BCUT2D eigenvalue weighted by molar-refractivity contribution is 5.76. The molecule has 1 aliphatic heterocycles. The van der Waals surface area contributed by atoms with E-state index in [2.05, 4.69) is 18.7 Å². The number of likely N-dealkylation sites (tertiary alicyclic amines) is 1. The topological polar surface area (TPSA) is 53.1 Å². The number of nitrogens with two attached hydrogens (primary N) is 1. The van der Waals surface area contributed by atoms with Crippen LogP contribution in [0.3, 0.4) is 0 Å². The third-order valence-corrected chi connectivity index (χ3v) is 3.02. The van der Waals surface area contributed by atoms with Crippen molar-refractivity contribution in [1.82, 2.24) is 4.90 Å². The molecule has 0 radical (unpaired) electrons. The Labute approximate surface area is 80.8 Å². The van der Waals surface area contributed by atoms with Crippen molar-refractivity contribution in [2.45, 2.75) is 51.6 Å². The second-order valence-electron chi connectivity index (χ2n) is 4.14. The Hall–Kier alpha value is -0.570. The molecule has 1 aliphatic rings. The van der Waals surface area contributed by atoms with E-state index in [0.29, 0.717) is 24.3 Å². The Bertz CT molecular complexity index is 169. The average Bonchev–Trinajstić information content (AvgIpc) is 2.03. The lowest BCUT2D eigenvalue weighted by molar-refractivity contribution is 0.107. The molecule has 1 heterocycles. The van der Waals surface area contributed by atoms with Crippen molar-refractivity contribution in [3.63, 3.8) is 0 Å². The van der Waals surface area contributed by atoms with Crippen LogP contribution in [0.2, 0.25) is 0 Å². The van der Waals surface area contributed by atoms with Crippen molar-refractivity contribution >= 4 is 5.84 Å². The fourth-order valence-electron chi connectivity index (χ4n) is 2.17. The van der Waals surface area contributed by atoms with Gasteiger partial charge in [-0.1, -0.05) is 6.42 Å². The van der Waals surface area contributed by atoms with Gasteiger partial charge in [0.25, 0.3) is 0 Å². The van der Waals surface area contributed by atoms with Crippen molar-refractivity contribution in [2.24, 2.45) is 5.73 Å². The number of amidine groups is 1. The van der Waals surface area contributed by atoms with Crippen LogP contribution in [0.25, 0.3) is 0 Å². The molecule has 0 aromatic rings. The molecule has 13 heavy (non-hydrogen) atoms. The van der Waals surface area contributed by atoms with Crippen LogP contribution < -0.4 is 5.73 Å². The summed E-state index contributed by atoms with van der Waals surface area (Å²) in [4.78, 5) is 2.48. The first-order chi connectivity index (χ1) is 6.11. The summed E-state index contributed by atoms with van der Waals surface area (Å²) in [5.74, 6) is 0.310. The lowest BCUT2D eigenvalue weighted by atomic mass is 9.97. The van der Waals surface area contributed by atoms with Gasteiger partial charge in [-0.15, -0.1) is 0 Å². The van der Waals surface area contributed by atoms with Crippen molar-refractivity contribution in [2.75, 3.05) is 6.54 Å². The summed E-state index contributed by atoms with van der Waals surface area (Å²) in [7, 11) is 0. The SMILES string of the molecule is C[C@@H]1CCC[C@@H](C)N1CCC(=N)N. The zero-order valence-corrected chi connectivity index (χ0v) is 8.71. The Morgan fingerprint density at radius 3 is 2.38 bits per heavy atom. The van der Waals surface area contributed by atoms with E-state index < -0.39 is 0 Å². The molecular weight excluding hydrogens is 162 g/mol. The normalized spacial score (nSPS) is 30.3. The van der Waals surface area contributed by atoms with E-state index in [1.165, 1.54) is 19.3 Å². The zero-order chi connectivity index (χ0) is 9.84. The fourth-order valence-corrected chi connectivity index (χ4v) is 2.17. The molecule has 3 heteroatoms. The largest absolute Gasteiger partial charge is 0.388 e. The smallest absolute Gasteiger partial charge is 0.0918 e. The van der Waals surface area contributed by atoms with Crippen LogP contribution in [-0.2, 0) is 0 Å². The number of rotatable bonds is 3. The lowest BCUT2D eigenvalue weighted by Gasteiger charge is -2.38. The van der Waals surface area contributed by atoms with Crippen LogP contribution in [-0.4, -0.2) is 29.4 Å². The van der Waals surface area contributed by atoms with Crippen LogP contribution in [0, 0.1) is 5.41 Å². The zero-order valence-electron chi connectivity index (χ0n) is 8.71. The van der Waals surface area contributed by atoms with Crippen molar-refractivity contribution in [3.8, 4) is 0 Å². The van der Waals surface area contributed by atoms with Gasteiger partial charge in [0.15, 0.2) is 0 Å². The van der Waals surface area contributed by atoms with Gasteiger partial charge < -0.3 is 5.73 Å². The second kappa shape index (κ2) is 4.61. The van der Waals surface area contributed by atoms with Gasteiger partial charge in [0.05, 0.1) is 5.84 Å². The van der Waals surface area contributed by atoms with Crippen molar-refractivity contribution in [3.05, 3.63) is 0 Å². The van der Waals surface area contributed by atoms with E-state index in [1.807, 2.05) is 0 Å². The highest BCUT2D eigenvalue weighted by atomic mass is 15.2. The van der Waals surface area contributed by atoms with E-state index in [1.54, 1.807) is 0 Å². The first-order valence-corrected chi connectivity index (χ1v) is 5.20. The molecule has 0 amide bonds. The molecule has 0 bridgehead atoms. The van der Waals surface area contributed by atoms with Gasteiger partial charge in [0.1, 0.15) is 0 Å². The Balaban J connectivity index is 2.39. The Morgan fingerprint density at radius 1 is 1.38 bits per heavy atom. The summed E-state index contributed by atoms with van der Waals surface area (Å²) in [6.45, 7) is 5.50. The molecule has 0 spiro atoms. The third-order valence-electron chi connectivity index (χ3n) is 3.02. The van der Waals surface area contributed by atoms with Crippen molar-refractivity contribution < 1.29 is 0 Å². The minimum atomic E-state index is 0.310. The molecule has 1 saturated heterocycles. The van der Waals surface area contributed by atoms with E-state index in [0.717, 1.165) is 6.54 Å². The molecule has 3 nitrogen and oxygen atoms in total. The molecule has 2 atom stereocenters. The van der Waals surface area contributed by atoms with Crippen molar-refractivity contribution in [1.29, 1.82) is 5.41 Å². The fraction of sp³-hybridized carbons (Fsp3) is 0.900. The van der Waals surface area contributed by atoms with E-state index >= 15 is 0 Å². The molecule has 76 valence electrons. The highest BCUT2D eigenvalue weighted by Gasteiger charge is 2.23. The summed E-state index contributed by atoms with van der Waals surface area (Å²) in [5.41, 5.74) is 5.36. The second-order valence-corrected chi connectivity index (χ2v) is 4.14. The van der Waals surface area contributed by atoms with E-state index in [9.17, 15) is 0 Å². The summed E-state index contributed by atoms with van der Waals surface area (Å²) in [6, 6.07) is 1.34. The van der Waals surface area contributed by atoms with Gasteiger partial charge in [-0.2, -0.15) is 0 Å². The first kappa shape index (κ1) is 10.5. The summed E-state index contributed by atoms with van der Waals surface area (Å²) >= 11 is 0. The molecule has 1 rings (SSSR count). The minimum absolute atomic E-state index is 0.310. The van der Waals surface area contributed by atoms with Crippen LogP contribution in [0.4, 0.5) is 0 Å². The highest BCUT2D eigenvalue weighted by Crippen LogP contribution is 2.22. The predicted molar refractivity (Wildman–Crippen MR) is 56.0 cm³/mol. The van der Waals surface area contributed by atoms with Gasteiger partial charge in [0, 0.05) is 25.0 Å². The molecule has 0 unspecified atom stereocenters. The van der Waals surface area contributed by atoms with E-state index in [-0.39, 0.29) is 0 Å². The Morgan fingerprint density at radius 2 is 1.92 bits per heavy atom. The molecule has 3 N–H and O–H groups in total. The average molecular weight is 183 g/mol. The predicted octanol–water partition coefficient (Wildman–Crippen LogP) is 1.58. The van der Waals surface area contributed by atoms with E-state index in [4.69, 9.17) is 11.1 Å². The molecule has 0 aromatic carbocycles. The number of nitrogens with zero attached hydrogens (tertiary/aromatic N) is 1. The first-order valence-electron chi connectivity index (χ1n) is 5.20. The van der Waals surface area contributed by atoms with Crippen LogP contribution in [0.1, 0.15) is 39.5 Å². The lowest BCUT2D eigenvalue weighted by Crippen LogP contribution is -2.44. The molecule has 1 fully saturated rings. The Kier molecular flexibility index (Phi) is 3.72. The molecule has 0 saturated carbocycles. The van der Waals surface area contributed by atoms with Gasteiger partial charge in [-0.3, -0.25) is 10.3 Å². The maximum atomic E-state index is 7.20. The number of nitrogens with one attached hydrogen (secondary N) is 1. The molecular formula is C10H21N3. The third kappa shape index (κ3) is 2.99. The maximum Gasteiger partial charge on any atom is 0.0918 e. The standard InChI is InChI=1S/C10H21N3/c1-8-4-3-5-9(2)13(8)7-6-10(11)12/h8-9H,3-7H2,1-2H3,(H3,11,12)/t8-,9-/m1/s1.